The first-order chi connectivity index (χ1) is 32.0. The zero-order chi connectivity index (χ0) is 48.0. The molecule has 0 bridgehead atoms. The van der Waals surface area contributed by atoms with Gasteiger partial charge in [-0.2, -0.15) is 0 Å². The van der Waals surface area contributed by atoms with Crippen molar-refractivity contribution in [2.24, 2.45) is 0 Å². The van der Waals surface area contributed by atoms with E-state index in [1.807, 2.05) is 79.0 Å². The first-order valence-corrected chi connectivity index (χ1v) is 21.8. The fourth-order valence-corrected chi connectivity index (χ4v) is 7.52. The summed E-state index contributed by atoms with van der Waals surface area (Å²) in [5.74, 6) is 0. The summed E-state index contributed by atoms with van der Waals surface area (Å²) >= 11 is 0. The number of hydrogen-bond donors (Lipinski definition) is 0. The SMILES string of the molecule is C=C/C=C\C(=C)/C=C(/C=C\C(=C)C(=C)/C=C\C=C)c1c(/C(=C/C=C)c2ccccc2)c(/C(=C/C=C)C2=CC=CCC2)c(C(=C)/C(=C\C(=C)C(=C)/C=C\C=C)C(=C)/C=C\C=C)c2ccccc12. The summed E-state index contributed by atoms with van der Waals surface area (Å²) in [6, 6.07) is 18.9. The van der Waals surface area contributed by atoms with Crippen LogP contribution in [0.4, 0.5) is 0 Å². The summed E-state index contributed by atoms with van der Waals surface area (Å²) in [5.41, 5.74) is 14.7. The van der Waals surface area contributed by atoms with Crippen LogP contribution in [0.2, 0.25) is 0 Å². The van der Waals surface area contributed by atoms with E-state index in [1.165, 1.54) is 0 Å². The Morgan fingerprint density at radius 2 is 0.970 bits per heavy atom. The molecule has 0 saturated carbocycles. The van der Waals surface area contributed by atoms with Gasteiger partial charge < -0.3 is 0 Å². The van der Waals surface area contributed by atoms with Gasteiger partial charge in [0.2, 0.25) is 0 Å². The Kier molecular flexibility index (Phi) is 19.6. The number of rotatable bonds is 24. The average molecular weight is 855 g/mol. The van der Waals surface area contributed by atoms with E-state index >= 15 is 0 Å². The van der Waals surface area contributed by atoms with E-state index in [1.54, 1.807) is 24.3 Å². The molecule has 0 spiro atoms. The first kappa shape index (κ1) is 50.3. The summed E-state index contributed by atoms with van der Waals surface area (Å²) in [6.45, 7) is 55.7. The van der Waals surface area contributed by atoms with Gasteiger partial charge in [-0.15, -0.1) is 0 Å². The number of fused-ring (bicyclic) bond motifs is 1. The van der Waals surface area contributed by atoms with Gasteiger partial charge in [-0.05, 0) is 130 Å². The van der Waals surface area contributed by atoms with E-state index in [4.69, 9.17) is 6.58 Å². The van der Waals surface area contributed by atoms with E-state index in [2.05, 4.69) is 170 Å². The standard InChI is InChI=1S/C66H62/c1-14-20-34-48(7)46-57(45-44-51(10)49(8)35-21-15-2)64-61-43-31-30-42-60(61)63(54(13)62(52(11)37-23-17-4)47-53(12)50(9)36-22-16-3)65(58(32-18-5)55-38-26-24-27-39-55)66(64)59(33-19-6)56-40-28-25-29-41-56/h14-26,28-38,40-47H,1-13,27,39H2/b34-20-,35-21-,36-22-,37-23-,45-44-,57-46-,58-32+,59-33+,62-47-. The number of allylic oxidation sites excluding steroid dienone is 34. The molecule has 0 aromatic heterocycles. The molecule has 0 N–H and O–H groups in total. The Morgan fingerprint density at radius 3 is 1.55 bits per heavy atom. The van der Waals surface area contributed by atoms with E-state index in [0.29, 0.717) is 5.57 Å². The third-order valence-corrected chi connectivity index (χ3v) is 10.7. The summed E-state index contributed by atoms with van der Waals surface area (Å²) < 4.78 is 0. The second-order valence-electron chi connectivity index (χ2n) is 15.3. The quantitative estimate of drug-likeness (QED) is 0.0788. The van der Waals surface area contributed by atoms with Crippen molar-refractivity contribution in [2.75, 3.05) is 0 Å². The molecule has 3 aromatic rings. The number of benzene rings is 3. The fraction of sp³-hybridized carbons (Fsp3) is 0.0303. The minimum atomic E-state index is 0.699. The smallest absolute Gasteiger partial charge is 0.000798 e. The van der Waals surface area contributed by atoms with Gasteiger partial charge in [0.25, 0.3) is 0 Å². The first-order valence-electron chi connectivity index (χ1n) is 21.8. The van der Waals surface area contributed by atoms with Crippen molar-refractivity contribution in [3.63, 3.8) is 0 Å². The zero-order valence-corrected chi connectivity index (χ0v) is 38.6. The molecule has 0 heteroatoms. The Morgan fingerprint density at radius 1 is 0.455 bits per heavy atom. The molecule has 0 nitrogen and oxygen atoms in total. The second-order valence-corrected chi connectivity index (χ2v) is 15.3. The van der Waals surface area contributed by atoms with Crippen LogP contribution in [0, 0.1) is 0 Å². The number of hydrogen-bond acceptors (Lipinski definition) is 0. The highest BCUT2D eigenvalue weighted by molar-refractivity contribution is 6.14. The lowest BCUT2D eigenvalue weighted by atomic mass is 9.73. The van der Waals surface area contributed by atoms with Crippen LogP contribution in [-0.4, -0.2) is 0 Å². The van der Waals surface area contributed by atoms with Crippen LogP contribution in [0.25, 0.3) is 33.1 Å². The minimum absolute atomic E-state index is 0.699. The molecular weight excluding hydrogens is 793 g/mol. The second kappa shape index (κ2) is 25.7. The van der Waals surface area contributed by atoms with Gasteiger partial charge in [0.15, 0.2) is 0 Å². The topological polar surface area (TPSA) is 0 Å². The van der Waals surface area contributed by atoms with Crippen molar-refractivity contribution in [1.29, 1.82) is 0 Å². The molecule has 0 fully saturated rings. The van der Waals surface area contributed by atoms with Crippen LogP contribution in [0.5, 0.6) is 0 Å². The third-order valence-electron chi connectivity index (χ3n) is 10.7. The average Bonchev–Trinajstić information content (AvgIpc) is 3.34. The summed E-state index contributed by atoms with van der Waals surface area (Å²) in [4.78, 5) is 0. The van der Waals surface area contributed by atoms with Crippen LogP contribution >= 0.6 is 0 Å². The lowest BCUT2D eigenvalue weighted by molar-refractivity contribution is 0.995. The predicted octanol–water partition coefficient (Wildman–Crippen LogP) is 18.5. The van der Waals surface area contributed by atoms with Crippen molar-refractivity contribution in [3.8, 4) is 0 Å². The molecule has 0 amide bonds. The Bertz CT molecular complexity index is 2870. The Labute approximate surface area is 396 Å². The third kappa shape index (κ3) is 12.9. The molecule has 1 aliphatic rings. The minimum Gasteiger partial charge on any atom is -0.0991 e. The molecule has 1 aliphatic carbocycles. The van der Waals surface area contributed by atoms with Gasteiger partial charge in [-0.25, -0.2) is 0 Å². The molecule has 326 valence electrons. The molecule has 66 heavy (non-hydrogen) atoms. The maximum atomic E-state index is 4.99. The van der Waals surface area contributed by atoms with Crippen molar-refractivity contribution in [3.05, 3.63) is 352 Å². The lowest BCUT2D eigenvalue weighted by Crippen LogP contribution is -2.09. The lowest BCUT2D eigenvalue weighted by Gasteiger charge is -2.29. The van der Waals surface area contributed by atoms with Crippen LogP contribution < -0.4 is 0 Å². The monoisotopic (exact) mass is 854 g/mol. The Hall–Kier alpha value is -8.32. The van der Waals surface area contributed by atoms with Crippen molar-refractivity contribution in [2.45, 2.75) is 12.8 Å². The maximum Gasteiger partial charge on any atom is -0.000798 e. The van der Waals surface area contributed by atoms with Crippen LogP contribution in [0.15, 0.2) is 324 Å². The van der Waals surface area contributed by atoms with E-state index < -0.39 is 0 Å². The molecular formula is C66H62. The van der Waals surface area contributed by atoms with Gasteiger partial charge in [0.1, 0.15) is 0 Å². The van der Waals surface area contributed by atoms with Crippen molar-refractivity contribution in [1.82, 2.24) is 0 Å². The normalized spacial score (nSPS) is 13.6. The molecule has 3 aromatic carbocycles. The molecule has 0 atom stereocenters. The molecule has 0 unspecified atom stereocenters. The summed E-state index contributed by atoms with van der Waals surface area (Å²) in [7, 11) is 0. The predicted molar refractivity (Wildman–Crippen MR) is 299 cm³/mol. The summed E-state index contributed by atoms with van der Waals surface area (Å²) in [6.07, 6.45) is 46.4. The molecule has 0 radical (unpaired) electrons. The highest BCUT2D eigenvalue weighted by atomic mass is 14.3. The fourth-order valence-electron chi connectivity index (χ4n) is 7.52. The summed E-state index contributed by atoms with van der Waals surface area (Å²) in [5, 5.41) is 1.94. The van der Waals surface area contributed by atoms with Gasteiger partial charge in [0, 0.05) is 0 Å². The molecule has 0 heterocycles. The zero-order valence-electron chi connectivity index (χ0n) is 38.6. The molecule has 0 saturated heterocycles. The van der Waals surface area contributed by atoms with Crippen molar-refractivity contribution < 1.29 is 0 Å². The van der Waals surface area contributed by atoms with Crippen LogP contribution in [0.1, 0.15) is 40.7 Å². The largest absolute Gasteiger partial charge is 0.0991 e. The Balaban J connectivity index is 2.48. The van der Waals surface area contributed by atoms with Gasteiger partial charge in [0.05, 0.1) is 0 Å². The van der Waals surface area contributed by atoms with Gasteiger partial charge >= 0.3 is 0 Å². The van der Waals surface area contributed by atoms with Crippen LogP contribution in [0.3, 0.4) is 0 Å². The highest BCUT2D eigenvalue weighted by Gasteiger charge is 2.29. The van der Waals surface area contributed by atoms with E-state index in [-0.39, 0.29) is 0 Å². The highest BCUT2D eigenvalue weighted by Crippen LogP contribution is 2.49. The molecule has 4 rings (SSSR count). The van der Waals surface area contributed by atoms with Crippen LogP contribution in [-0.2, 0) is 0 Å². The van der Waals surface area contributed by atoms with Crippen molar-refractivity contribution >= 4 is 33.1 Å². The molecule has 0 aliphatic heterocycles. The van der Waals surface area contributed by atoms with Gasteiger partial charge in [-0.3, -0.25) is 0 Å². The van der Waals surface area contributed by atoms with Gasteiger partial charge in [-0.1, -0.05) is 268 Å². The maximum absolute atomic E-state index is 4.99. The van der Waals surface area contributed by atoms with E-state index in [9.17, 15) is 0 Å². The van der Waals surface area contributed by atoms with E-state index in [0.717, 1.165) is 113 Å².